The first-order valence-electron chi connectivity index (χ1n) is 10.7. The molecule has 0 radical (unpaired) electrons. The van der Waals surface area contributed by atoms with Crippen molar-refractivity contribution in [2.45, 2.75) is 72.9 Å². The minimum atomic E-state index is 0.120. The SMILES string of the molecule is CC(C)C.CC(C)NCc1ccc(CC(=O)NCCN2CCCCC2)cc1. The Kier molecular flexibility index (Phi) is 12.0. The van der Waals surface area contributed by atoms with Crippen molar-refractivity contribution >= 4 is 5.91 Å². The summed E-state index contributed by atoms with van der Waals surface area (Å²) in [7, 11) is 0. The molecule has 1 aliphatic heterocycles. The minimum absolute atomic E-state index is 0.120. The lowest BCUT2D eigenvalue weighted by molar-refractivity contribution is -0.120. The van der Waals surface area contributed by atoms with Crippen molar-refractivity contribution in [3.05, 3.63) is 35.4 Å². The summed E-state index contributed by atoms with van der Waals surface area (Å²) < 4.78 is 0. The molecule has 1 fully saturated rings. The third-order valence-electron chi connectivity index (χ3n) is 4.30. The molecular weight excluding hydrogens is 334 g/mol. The third kappa shape index (κ3) is 12.6. The number of rotatable bonds is 8. The van der Waals surface area contributed by atoms with Gasteiger partial charge in [-0.25, -0.2) is 0 Å². The van der Waals surface area contributed by atoms with E-state index >= 15 is 0 Å². The maximum atomic E-state index is 12.0. The number of hydrogen-bond donors (Lipinski definition) is 2. The van der Waals surface area contributed by atoms with Gasteiger partial charge in [0.15, 0.2) is 0 Å². The van der Waals surface area contributed by atoms with Gasteiger partial charge in [0.05, 0.1) is 6.42 Å². The van der Waals surface area contributed by atoms with Crippen molar-refractivity contribution in [3.63, 3.8) is 0 Å². The third-order valence-corrected chi connectivity index (χ3v) is 4.30. The Hall–Kier alpha value is -1.39. The average molecular weight is 376 g/mol. The number of piperidine rings is 1. The molecule has 154 valence electrons. The Balaban J connectivity index is 0.000000828. The van der Waals surface area contributed by atoms with Crippen molar-refractivity contribution in [2.75, 3.05) is 26.2 Å². The Labute approximate surface area is 167 Å². The van der Waals surface area contributed by atoms with Gasteiger partial charge in [-0.2, -0.15) is 0 Å². The van der Waals surface area contributed by atoms with Crippen LogP contribution in [0.2, 0.25) is 0 Å². The van der Waals surface area contributed by atoms with E-state index in [1.807, 2.05) is 0 Å². The monoisotopic (exact) mass is 375 g/mol. The second-order valence-corrected chi connectivity index (χ2v) is 8.51. The highest BCUT2D eigenvalue weighted by atomic mass is 16.1. The highest BCUT2D eigenvalue weighted by Crippen LogP contribution is 2.08. The fourth-order valence-corrected chi connectivity index (χ4v) is 2.88. The van der Waals surface area contributed by atoms with E-state index in [1.165, 1.54) is 37.9 Å². The van der Waals surface area contributed by atoms with Crippen LogP contribution < -0.4 is 10.6 Å². The van der Waals surface area contributed by atoms with E-state index in [0.29, 0.717) is 12.5 Å². The van der Waals surface area contributed by atoms with Gasteiger partial charge in [0.2, 0.25) is 5.91 Å². The van der Waals surface area contributed by atoms with E-state index in [-0.39, 0.29) is 5.91 Å². The van der Waals surface area contributed by atoms with Gasteiger partial charge in [-0.1, -0.05) is 65.3 Å². The van der Waals surface area contributed by atoms with Crippen LogP contribution >= 0.6 is 0 Å². The van der Waals surface area contributed by atoms with Crippen molar-refractivity contribution in [2.24, 2.45) is 5.92 Å². The Bertz CT molecular complexity index is 502. The fourth-order valence-electron chi connectivity index (χ4n) is 2.88. The van der Waals surface area contributed by atoms with Crippen LogP contribution in [-0.4, -0.2) is 43.0 Å². The summed E-state index contributed by atoms with van der Waals surface area (Å²) in [6.45, 7) is 15.8. The van der Waals surface area contributed by atoms with Crippen molar-refractivity contribution in [1.82, 2.24) is 15.5 Å². The number of carbonyl (C=O) groups excluding carboxylic acids is 1. The zero-order chi connectivity index (χ0) is 20.1. The van der Waals surface area contributed by atoms with Crippen molar-refractivity contribution in [1.29, 1.82) is 0 Å². The molecule has 0 bridgehead atoms. The number of benzene rings is 1. The highest BCUT2D eigenvalue weighted by Gasteiger charge is 2.10. The molecule has 0 spiro atoms. The molecule has 2 N–H and O–H groups in total. The molecule has 1 aromatic rings. The zero-order valence-electron chi connectivity index (χ0n) is 18.2. The maximum Gasteiger partial charge on any atom is 0.224 e. The number of amides is 1. The molecule has 1 aliphatic rings. The molecule has 4 heteroatoms. The Morgan fingerprint density at radius 2 is 1.52 bits per heavy atom. The van der Waals surface area contributed by atoms with Gasteiger partial charge < -0.3 is 15.5 Å². The van der Waals surface area contributed by atoms with Crippen LogP contribution in [-0.2, 0) is 17.8 Å². The predicted octanol–water partition coefficient (Wildman–Crippen LogP) is 3.99. The number of hydrogen-bond acceptors (Lipinski definition) is 3. The first-order valence-corrected chi connectivity index (χ1v) is 10.7. The summed E-state index contributed by atoms with van der Waals surface area (Å²) in [5.74, 6) is 0.954. The first kappa shape index (κ1) is 23.6. The molecule has 0 aromatic heterocycles. The lowest BCUT2D eigenvalue weighted by Crippen LogP contribution is -2.38. The van der Waals surface area contributed by atoms with E-state index in [9.17, 15) is 4.79 Å². The van der Waals surface area contributed by atoms with Crippen LogP contribution in [0, 0.1) is 5.92 Å². The summed E-state index contributed by atoms with van der Waals surface area (Å²) in [5.41, 5.74) is 2.33. The standard InChI is InChI=1S/C19H31N3O.C4H10/c1-16(2)21-15-18-8-6-17(7-9-18)14-19(23)20-10-13-22-11-4-3-5-12-22;1-4(2)3/h6-9,16,21H,3-5,10-15H2,1-2H3,(H,20,23);4H,1-3H3. The van der Waals surface area contributed by atoms with E-state index < -0.39 is 0 Å². The van der Waals surface area contributed by atoms with Crippen LogP contribution in [0.5, 0.6) is 0 Å². The van der Waals surface area contributed by atoms with Gasteiger partial charge in [0.1, 0.15) is 0 Å². The van der Waals surface area contributed by atoms with E-state index in [0.717, 1.165) is 31.1 Å². The van der Waals surface area contributed by atoms with Crippen molar-refractivity contribution in [3.8, 4) is 0 Å². The summed E-state index contributed by atoms with van der Waals surface area (Å²) in [5, 5.41) is 6.44. The quantitative estimate of drug-likeness (QED) is 0.722. The molecule has 27 heavy (non-hydrogen) atoms. The lowest BCUT2D eigenvalue weighted by atomic mass is 10.1. The molecule has 0 saturated carbocycles. The smallest absolute Gasteiger partial charge is 0.224 e. The molecule has 0 atom stereocenters. The van der Waals surface area contributed by atoms with Crippen LogP contribution in [0.4, 0.5) is 0 Å². The second-order valence-electron chi connectivity index (χ2n) is 8.51. The number of nitrogens with zero attached hydrogens (tertiary/aromatic N) is 1. The topological polar surface area (TPSA) is 44.4 Å². The van der Waals surface area contributed by atoms with E-state index in [1.54, 1.807) is 0 Å². The van der Waals surface area contributed by atoms with Gasteiger partial charge in [0, 0.05) is 25.7 Å². The molecule has 0 unspecified atom stereocenters. The average Bonchev–Trinajstić information content (AvgIpc) is 2.61. The molecule has 1 aromatic carbocycles. The van der Waals surface area contributed by atoms with E-state index in [2.05, 4.69) is 74.4 Å². The Morgan fingerprint density at radius 1 is 0.963 bits per heavy atom. The van der Waals surface area contributed by atoms with Crippen LogP contribution in [0.25, 0.3) is 0 Å². The van der Waals surface area contributed by atoms with Crippen molar-refractivity contribution < 1.29 is 4.79 Å². The summed E-state index contributed by atoms with van der Waals surface area (Å²) in [6.07, 6.45) is 4.42. The first-order chi connectivity index (χ1) is 12.9. The number of nitrogens with one attached hydrogen (secondary N) is 2. The van der Waals surface area contributed by atoms with Crippen LogP contribution in [0.1, 0.15) is 65.0 Å². The second kappa shape index (κ2) is 13.7. The largest absolute Gasteiger partial charge is 0.355 e. The number of carbonyl (C=O) groups is 1. The van der Waals surface area contributed by atoms with Gasteiger partial charge in [-0.05, 0) is 43.0 Å². The summed E-state index contributed by atoms with van der Waals surface area (Å²) in [6, 6.07) is 8.81. The normalized spacial score (nSPS) is 14.8. The van der Waals surface area contributed by atoms with Gasteiger partial charge >= 0.3 is 0 Å². The maximum absolute atomic E-state index is 12.0. The molecule has 2 rings (SSSR count). The minimum Gasteiger partial charge on any atom is -0.355 e. The molecule has 1 amide bonds. The highest BCUT2D eigenvalue weighted by molar-refractivity contribution is 5.78. The van der Waals surface area contributed by atoms with Crippen LogP contribution in [0.3, 0.4) is 0 Å². The Morgan fingerprint density at radius 3 is 2.07 bits per heavy atom. The molecule has 1 saturated heterocycles. The van der Waals surface area contributed by atoms with Gasteiger partial charge in [-0.3, -0.25) is 4.79 Å². The van der Waals surface area contributed by atoms with E-state index in [4.69, 9.17) is 0 Å². The molecule has 4 nitrogen and oxygen atoms in total. The molecular formula is C23H41N3O. The lowest BCUT2D eigenvalue weighted by Gasteiger charge is -2.26. The zero-order valence-corrected chi connectivity index (χ0v) is 18.2. The summed E-state index contributed by atoms with van der Waals surface area (Å²) >= 11 is 0. The summed E-state index contributed by atoms with van der Waals surface area (Å²) in [4.78, 5) is 14.5. The van der Waals surface area contributed by atoms with Crippen LogP contribution in [0.15, 0.2) is 24.3 Å². The number of likely N-dealkylation sites (tertiary alicyclic amines) is 1. The molecule has 1 heterocycles. The predicted molar refractivity (Wildman–Crippen MR) is 116 cm³/mol. The van der Waals surface area contributed by atoms with Gasteiger partial charge in [0.25, 0.3) is 0 Å². The molecule has 0 aliphatic carbocycles. The fraction of sp³-hybridized carbons (Fsp3) is 0.696. The van der Waals surface area contributed by atoms with Gasteiger partial charge in [-0.15, -0.1) is 0 Å².